The fourth-order valence-electron chi connectivity index (χ4n) is 6.58. The van der Waals surface area contributed by atoms with Crippen LogP contribution in [0.3, 0.4) is 0 Å². The van der Waals surface area contributed by atoms with Gasteiger partial charge in [-0.2, -0.15) is 10.2 Å². The number of anilines is 2. The number of aromatic amines is 2. The molecule has 0 aliphatic carbocycles. The number of H-pyrrole nitrogens is 2. The molecule has 0 bridgehead atoms. The molecule has 6 aromatic rings. The zero-order valence-electron chi connectivity index (χ0n) is 36.0. The first-order chi connectivity index (χ1) is 26.7. The molecular formula is C47H57Cl2FN6O2. The van der Waals surface area contributed by atoms with Crippen molar-refractivity contribution >= 4 is 68.2 Å². The van der Waals surface area contributed by atoms with E-state index in [1.165, 1.54) is 33.7 Å². The fourth-order valence-corrected chi connectivity index (χ4v) is 7.14. The number of halogens is 3. The van der Waals surface area contributed by atoms with E-state index in [0.717, 1.165) is 43.8 Å². The number of aromatic nitrogens is 4. The first kappa shape index (κ1) is 44.4. The van der Waals surface area contributed by atoms with Crippen LogP contribution in [0.4, 0.5) is 15.8 Å². The van der Waals surface area contributed by atoms with Gasteiger partial charge in [-0.1, -0.05) is 124 Å². The summed E-state index contributed by atoms with van der Waals surface area (Å²) in [6, 6.07) is 16.0. The number of hydrogen-bond acceptors (Lipinski definition) is 4. The smallest absolute Gasteiger partial charge is 0.228 e. The molecule has 2 aromatic heterocycles. The largest absolute Gasteiger partial charge is 0.324 e. The molecule has 4 aromatic carbocycles. The van der Waals surface area contributed by atoms with Gasteiger partial charge in [-0.25, -0.2) is 4.39 Å². The van der Waals surface area contributed by atoms with Crippen molar-refractivity contribution in [2.24, 2.45) is 0 Å². The minimum atomic E-state index is -0.330. The summed E-state index contributed by atoms with van der Waals surface area (Å²) in [6.07, 6.45) is 4.42. The van der Waals surface area contributed by atoms with Gasteiger partial charge >= 0.3 is 0 Å². The quantitative estimate of drug-likeness (QED) is 0.122. The number of rotatable bonds is 0. The van der Waals surface area contributed by atoms with Crippen LogP contribution < -0.4 is 10.6 Å². The summed E-state index contributed by atoms with van der Waals surface area (Å²) in [5.74, 6) is -0.434. The minimum absolute atomic E-state index is 0.0259. The Morgan fingerprint density at radius 3 is 1.45 bits per heavy atom. The molecule has 58 heavy (non-hydrogen) atoms. The van der Waals surface area contributed by atoms with Gasteiger partial charge in [0.15, 0.2) is 0 Å². The SMILES string of the molecule is CC(C)(C)c1cc(Cl)c2[nH]ncc2c1.CC(C)(C)c1cc(Cl)c2c(c1)CC(=O)N2.CC(C)(C)c1cc(F)c2c(c1)CC(=O)N2.Cc1cc(C(C)(C)C)cc2cn[nH]c12. The summed E-state index contributed by atoms with van der Waals surface area (Å²) in [7, 11) is 0. The summed E-state index contributed by atoms with van der Waals surface area (Å²) in [5.41, 5.74) is 11.2. The van der Waals surface area contributed by atoms with E-state index in [0.29, 0.717) is 17.1 Å². The highest BCUT2D eigenvalue weighted by Gasteiger charge is 2.26. The Bertz CT molecular complexity index is 2320. The minimum Gasteiger partial charge on any atom is -0.324 e. The van der Waals surface area contributed by atoms with Crippen LogP contribution >= 0.6 is 23.2 Å². The van der Waals surface area contributed by atoms with E-state index >= 15 is 0 Å². The Hall–Kier alpha value is -4.73. The molecule has 8 nitrogen and oxygen atoms in total. The molecule has 0 radical (unpaired) electrons. The normalized spacial score (nSPS) is 13.7. The van der Waals surface area contributed by atoms with Crippen LogP contribution in [0.5, 0.6) is 0 Å². The number of carbonyl (C=O) groups excluding carboxylic acids is 2. The Morgan fingerprint density at radius 2 is 0.931 bits per heavy atom. The molecule has 4 N–H and O–H groups in total. The molecule has 0 saturated heterocycles. The molecule has 0 saturated carbocycles. The van der Waals surface area contributed by atoms with E-state index in [9.17, 15) is 14.0 Å². The van der Waals surface area contributed by atoms with E-state index < -0.39 is 0 Å². The first-order valence-electron chi connectivity index (χ1n) is 19.5. The number of benzene rings is 4. The third-order valence-corrected chi connectivity index (χ3v) is 10.9. The van der Waals surface area contributed by atoms with Crippen molar-refractivity contribution in [3.05, 3.63) is 116 Å². The van der Waals surface area contributed by atoms with Gasteiger partial charge in [-0.3, -0.25) is 19.8 Å². The fraction of sp³-hybridized carbons (Fsp3) is 0.404. The second-order valence-corrected chi connectivity index (χ2v) is 20.2. The lowest BCUT2D eigenvalue weighted by atomic mass is 9.85. The van der Waals surface area contributed by atoms with Crippen molar-refractivity contribution in [2.45, 2.75) is 125 Å². The van der Waals surface area contributed by atoms with E-state index in [2.05, 4.69) is 125 Å². The van der Waals surface area contributed by atoms with Crippen molar-refractivity contribution in [1.82, 2.24) is 20.4 Å². The van der Waals surface area contributed by atoms with E-state index in [4.69, 9.17) is 23.2 Å². The maximum absolute atomic E-state index is 13.6. The molecule has 0 atom stereocenters. The topological polar surface area (TPSA) is 116 Å². The summed E-state index contributed by atoms with van der Waals surface area (Å²) in [5, 5.41) is 22.9. The summed E-state index contributed by atoms with van der Waals surface area (Å²) in [4.78, 5) is 22.4. The lowest BCUT2D eigenvalue weighted by Gasteiger charge is -2.20. The van der Waals surface area contributed by atoms with Gasteiger partial charge < -0.3 is 10.6 Å². The third kappa shape index (κ3) is 10.5. The second-order valence-electron chi connectivity index (χ2n) is 19.4. The van der Waals surface area contributed by atoms with Gasteiger partial charge in [-0.05, 0) is 97.9 Å². The number of hydrogen-bond donors (Lipinski definition) is 4. The van der Waals surface area contributed by atoms with Crippen LogP contribution in [0.1, 0.15) is 122 Å². The van der Waals surface area contributed by atoms with E-state index in [-0.39, 0.29) is 45.7 Å². The molecular weight excluding hydrogens is 770 g/mol. The average molecular weight is 828 g/mol. The van der Waals surface area contributed by atoms with Gasteiger partial charge in [0, 0.05) is 10.8 Å². The van der Waals surface area contributed by atoms with Crippen LogP contribution in [0.15, 0.2) is 60.9 Å². The number of fused-ring (bicyclic) bond motifs is 4. The van der Waals surface area contributed by atoms with Crippen molar-refractivity contribution in [3.8, 4) is 0 Å². The monoisotopic (exact) mass is 826 g/mol. The van der Waals surface area contributed by atoms with Crippen molar-refractivity contribution in [3.63, 3.8) is 0 Å². The first-order valence-corrected chi connectivity index (χ1v) is 20.3. The van der Waals surface area contributed by atoms with Crippen molar-refractivity contribution in [2.75, 3.05) is 10.6 Å². The maximum Gasteiger partial charge on any atom is 0.228 e. The molecule has 0 unspecified atom stereocenters. The summed E-state index contributed by atoms with van der Waals surface area (Å²) in [6.45, 7) is 27.8. The molecule has 308 valence electrons. The van der Waals surface area contributed by atoms with E-state index in [1.807, 2.05) is 45.2 Å². The Kier molecular flexibility index (Phi) is 12.6. The van der Waals surface area contributed by atoms with Gasteiger partial charge in [-0.15, -0.1) is 0 Å². The third-order valence-electron chi connectivity index (χ3n) is 10.3. The zero-order chi connectivity index (χ0) is 43.1. The highest BCUT2D eigenvalue weighted by atomic mass is 35.5. The van der Waals surface area contributed by atoms with Crippen molar-refractivity contribution in [1.29, 1.82) is 0 Å². The van der Waals surface area contributed by atoms with Gasteiger partial charge in [0.25, 0.3) is 0 Å². The summed E-state index contributed by atoms with van der Waals surface area (Å²) >= 11 is 12.3. The number of carbonyl (C=O) groups is 2. The van der Waals surface area contributed by atoms with Crippen LogP contribution in [-0.4, -0.2) is 32.2 Å². The predicted molar refractivity (Wildman–Crippen MR) is 239 cm³/mol. The highest BCUT2D eigenvalue weighted by Crippen LogP contribution is 2.37. The molecule has 4 heterocycles. The zero-order valence-corrected chi connectivity index (χ0v) is 37.5. The van der Waals surface area contributed by atoms with Gasteiger partial charge in [0.05, 0.1) is 57.7 Å². The highest BCUT2D eigenvalue weighted by molar-refractivity contribution is 6.35. The Balaban J connectivity index is 0.000000147. The Morgan fingerprint density at radius 1 is 0.534 bits per heavy atom. The van der Waals surface area contributed by atoms with Gasteiger partial charge in [0.1, 0.15) is 5.82 Å². The number of aryl methyl sites for hydroxylation is 1. The van der Waals surface area contributed by atoms with Crippen LogP contribution in [0, 0.1) is 12.7 Å². The van der Waals surface area contributed by atoms with Crippen LogP contribution in [-0.2, 0) is 44.1 Å². The predicted octanol–water partition coefficient (Wildman–Crippen LogP) is 12.4. The second kappa shape index (κ2) is 16.5. The number of nitrogens with one attached hydrogen (secondary N) is 4. The molecule has 0 spiro atoms. The van der Waals surface area contributed by atoms with Gasteiger partial charge in [0.2, 0.25) is 11.8 Å². The number of amides is 2. The van der Waals surface area contributed by atoms with Crippen molar-refractivity contribution < 1.29 is 14.0 Å². The average Bonchev–Trinajstić information content (AvgIpc) is 3.90. The maximum atomic E-state index is 13.6. The molecule has 2 aliphatic rings. The molecule has 2 aliphatic heterocycles. The van der Waals surface area contributed by atoms with Crippen LogP contribution in [0.25, 0.3) is 21.8 Å². The summed E-state index contributed by atoms with van der Waals surface area (Å²) < 4.78 is 13.6. The molecule has 8 rings (SSSR count). The number of nitrogens with zero attached hydrogens (tertiary/aromatic N) is 2. The molecule has 0 fully saturated rings. The Labute approximate surface area is 352 Å². The van der Waals surface area contributed by atoms with E-state index in [1.54, 1.807) is 6.20 Å². The lowest BCUT2D eigenvalue weighted by molar-refractivity contribution is -0.115. The molecule has 2 amide bonds. The lowest BCUT2D eigenvalue weighted by Crippen LogP contribution is -2.12. The molecule has 11 heteroatoms. The standard InChI is InChI=1S/C12H14ClNO.C12H14FNO.C12H16N2.C11H13ClN2/c2*1-12(2,3)8-4-7-5-10(15)14-11(7)9(13)6-8;1-8-5-10(12(2,3)4)6-9-7-13-14-11(8)9;1-11(2,3)8-4-7-6-13-14-10(7)9(12)5-8/h2*4,6H,5H2,1-3H3,(H,14,15);5-7H,1-4H3,(H,13,14);4-6H,1-3H3,(H,13,14). The van der Waals surface area contributed by atoms with Crippen LogP contribution in [0.2, 0.25) is 10.0 Å².